The first-order chi connectivity index (χ1) is 10.3. The van der Waals surface area contributed by atoms with Crippen molar-refractivity contribution in [2.24, 2.45) is 0 Å². The molecule has 0 amide bonds. The van der Waals surface area contributed by atoms with Crippen LogP contribution in [0.4, 0.5) is 0 Å². The Morgan fingerprint density at radius 1 is 1.29 bits per heavy atom. The molecule has 4 nitrogen and oxygen atoms in total. The monoisotopic (exact) mass is 352 g/mol. The molecule has 0 N–H and O–H groups in total. The van der Waals surface area contributed by atoms with Crippen molar-refractivity contribution in [2.75, 3.05) is 6.61 Å². The van der Waals surface area contributed by atoms with Crippen molar-refractivity contribution in [3.8, 4) is 0 Å². The molecule has 0 aliphatic rings. The van der Waals surface area contributed by atoms with Crippen LogP contribution in [0.1, 0.15) is 30.1 Å². The maximum absolute atomic E-state index is 11.5. The quantitative estimate of drug-likeness (QED) is 0.416. The van der Waals surface area contributed by atoms with Crippen LogP contribution in [0.15, 0.2) is 42.7 Å². The van der Waals surface area contributed by atoms with E-state index < -0.39 is 0 Å². The molecule has 0 saturated carbocycles. The molecule has 2 aromatic rings. The Morgan fingerprint density at radius 3 is 2.86 bits per heavy atom. The van der Waals surface area contributed by atoms with E-state index in [9.17, 15) is 4.79 Å². The van der Waals surface area contributed by atoms with E-state index in [1.165, 1.54) is 16.2 Å². The molecule has 0 spiro atoms. The summed E-state index contributed by atoms with van der Waals surface area (Å²) in [6.07, 6.45) is 5.61. The number of carbonyl (C=O) groups is 1. The molecule has 5 heteroatoms. The van der Waals surface area contributed by atoms with Crippen LogP contribution in [0.25, 0.3) is 0 Å². The molecule has 0 atom stereocenters. The van der Waals surface area contributed by atoms with Gasteiger partial charge in [0.05, 0.1) is 0 Å². The van der Waals surface area contributed by atoms with Gasteiger partial charge in [0.1, 0.15) is 0 Å². The Balaban J connectivity index is 1.66. The van der Waals surface area contributed by atoms with Gasteiger partial charge in [-0.2, -0.15) is 0 Å². The summed E-state index contributed by atoms with van der Waals surface area (Å²) in [6.45, 7) is 3.05. The van der Waals surface area contributed by atoms with E-state index in [0.717, 1.165) is 13.0 Å². The second kappa shape index (κ2) is 8.65. The third-order valence-corrected chi connectivity index (χ3v) is 5.24. The molecule has 0 radical (unpaired) electrons. The fraction of sp³-hybridized carbons (Fsp3) is 0.375. The van der Waals surface area contributed by atoms with Gasteiger partial charge >= 0.3 is 131 Å². The van der Waals surface area contributed by atoms with E-state index in [4.69, 9.17) is 4.74 Å². The van der Waals surface area contributed by atoms with Crippen LogP contribution in [0, 0.1) is 0 Å². The molecule has 21 heavy (non-hydrogen) atoms. The number of nitrogens with zero attached hydrogens (tertiary/aromatic N) is 2. The van der Waals surface area contributed by atoms with Crippen molar-refractivity contribution in [1.29, 1.82) is 0 Å². The summed E-state index contributed by atoms with van der Waals surface area (Å²) in [5.74, 6) is -0.295. The van der Waals surface area contributed by atoms with E-state index in [2.05, 4.69) is 35.4 Å². The maximum atomic E-state index is 11.5. The number of aromatic nitrogens is 2. The standard InChI is InChI=1S/C16H20N2O2Se/c1-2-20-16(19)14-12-17-18(13-14)10-6-7-11-21-15-8-4-3-5-9-15/h3-5,8-9,12-13H,2,6-7,10-11H2,1H3. The zero-order valence-electron chi connectivity index (χ0n) is 12.2. The number of hydrogen-bond acceptors (Lipinski definition) is 3. The SMILES string of the molecule is CCOC(=O)c1cnn(CCCC[Se]c2ccccc2)c1. The van der Waals surface area contributed by atoms with Gasteiger partial charge in [-0.05, 0) is 0 Å². The Labute approximate surface area is 131 Å². The minimum absolute atomic E-state index is 0.295. The number of benzene rings is 1. The fourth-order valence-corrected chi connectivity index (χ4v) is 3.85. The molecule has 0 fully saturated rings. The van der Waals surface area contributed by atoms with Gasteiger partial charge in [-0.15, -0.1) is 0 Å². The van der Waals surface area contributed by atoms with Gasteiger partial charge in [-0.25, -0.2) is 0 Å². The minimum atomic E-state index is -0.295. The van der Waals surface area contributed by atoms with Gasteiger partial charge in [-0.1, -0.05) is 0 Å². The van der Waals surface area contributed by atoms with Crippen LogP contribution in [0.2, 0.25) is 5.32 Å². The van der Waals surface area contributed by atoms with Crippen molar-refractivity contribution in [2.45, 2.75) is 31.6 Å². The molecule has 112 valence electrons. The van der Waals surface area contributed by atoms with E-state index in [1.54, 1.807) is 19.3 Å². The number of carbonyl (C=O) groups excluding carboxylic acids is 1. The normalized spacial score (nSPS) is 10.5. The van der Waals surface area contributed by atoms with Crippen LogP contribution >= 0.6 is 0 Å². The molecule has 0 saturated heterocycles. The summed E-state index contributed by atoms with van der Waals surface area (Å²) < 4.78 is 8.22. The van der Waals surface area contributed by atoms with E-state index >= 15 is 0 Å². The summed E-state index contributed by atoms with van der Waals surface area (Å²) in [6, 6.07) is 10.6. The number of unbranched alkanes of at least 4 members (excludes halogenated alkanes) is 1. The molecule has 0 aliphatic carbocycles. The zero-order valence-corrected chi connectivity index (χ0v) is 13.9. The van der Waals surface area contributed by atoms with Crippen LogP contribution in [-0.2, 0) is 11.3 Å². The van der Waals surface area contributed by atoms with Gasteiger partial charge in [-0.3, -0.25) is 0 Å². The van der Waals surface area contributed by atoms with Crippen LogP contribution in [-0.4, -0.2) is 37.3 Å². The van der Waals surface area contributed by atoms with E-state index in [-0.39, 0.29) is 5.97 Å². The van der Waals surface area contributed by atoms with Crippen LogP contribution in [0.3, 0.4) is 0 Å². The molecular weight excluding hydrogens is 331 g/mol. The molecule has 1 aromatic heterocycles. The Hall–Kier alpha value is -1.58. The van der Waals surface area contributed by atoms with Gasteiger partial charge in [0.2, 0.25) is 0 Å². The summed E-state index contributed by atoms with van der Waals surface area (Å²) in [5, 5.41) is 5.44. The average Bonchev–Trinajstić information content (AvgIpc) is 2.97. The van der Waals surface area contributed by atoms with Crippen LogP contribution in [0.5, 0.6) is 0 Å². The van der Waals surface area contributed by atoms with Gasteiger partial charge in [0.25, 0.3) is 0 Å². The van der Waals surface area contributed by atoms with Crippen LogP contribution < -0.4 is 4.46 Å². The Morgan fingerprint density at radius 2 is 2.10 bits per heavy atom. The molecule has 1 aromatic carbocycles. The van der Waals surface area contributed by atoms with E-state index in [0.29, 0.717) is 27.1 Å². The van der Waals surface area contributed by atoms with Crippen molar-refractivity contribution < 1.29 is 9.53 Å². The third kappa shape index (κ3) is 5.37. The number of hydrogen-bond donors (Lipinski definition) is 0. The third-order valence-electron chi connectivity index (χ3n) is 2.94. The molecule has 0 bridgehead atoms. The van der Waals surface area contributed by atoms with Crippen molar-refractivity contribution in [1.82, 2.24) is 9.78 Å². The molecule has 1 heterocycles. The summed E-state index contributed by atoms with van der Waals surface area (Å²) in [4.78, 5) is 11.5. The zero-order chi connectivity index (χ0) is 14.9. The number of ether oxygens (including phenoxy) is 1. The summed E-state index contributed by atoms with van der Waals surface area (Å²) in [7, 11) is 0. The Bertz CT molecular complexity index is 554. The molecule has 0 aliphatic heterocycles. The topological polar surface area (TPSA) is 44.1 Å². The second-order valence-corrected chi connectivity index (χ2v) is 7.03. The van der Waals surface area contributed by atoms with Crippen molar-refractivity contribution in [3.05, 3.63) is 48.3 Å². The van der Waals surface area contributed by atoms with E-state index in [1.807, 2.05) is 4.68 Å². The van der Waals surface area contributed by atoms with Gasteiger partial charge < -0.3 is 0 Å². The number of esters is 1. The number of rotatable bonds is 8. The average molecular weight is 351 g/mol. The first-order valence-corrected chi connectivity index (χ1v) is 9.24. The Kier molecular flexibility index (Phi) is 6.51. The summed E-state index contributed by atoms with van der Waals surface area (Å²) in [5.41, 5.74) is 0.533. The van der Waals surface area contributed by atoms with Crippen molar-refractivity contribution >= 4 is 25.4 Å². The predicted octanol–water partition coefficient (Wildman–Crippen LogP) is 2.29. The predicted molar refractivity (Wildman–Crippen MR) is 84.1 cm³/mol. The first kappa shape index (κ1) is 15.8. The molecular formula is C16H20N2O2Se. The second-order valence-electron chi connectivity index (χ2n) is 4.58. The molecule has 2 rings (SSSR count). The fourth-order valence-electron chi connectivity index (χ4n) is 1.89. The summed E-state index contributed by atoms with van der Waals surface area (Å²) >= 11 is 0.557. The molecule has 0 unspecified atom stereocenters. The first-order valence-electron chi connectivity index (χ1n) is 7.17. The van der Waals surface area contributed by atoms with Crippen molar-refractivity contribution in [3.63, 3.8) is 0 Å². The van der Waals surface area contributed by atoms with Gasteiger partial charge in [0, 0.05) is 0 Å². The number of aryl methyl sites for hydroxylation is 1. The van der Waals surface area contributed by atoms with Gasteiger partial charge in [0.15, 0.2) is 0 Å².